The lowest BCUT2D eigenvalue weighted by molar-refractivity contribution is -0.140. The molecule has 0 saturated carbocycles. The van der Waals surface area contributed by atoms with Crippen LogP contribution in [0, 0.1) is 0 Å². The molecular weight excluding hydrogens is 509 g/mol. The van der Waals surface area contributed by atoms with Crippen LogP contribution in [0.15, 0.2) is 48.5 Å². The van der Waals surface area contributed by atoms with Gasteiger partial charge in [-0.2, -0.15) is 0 Å². The monoisotopic (exact) mass is 541 g/mol. The molecule has 7 nitrogen and oxygen atoms in total. The minimum Gasteiger partial charge on any atom is -0.354 e. The first kappa shape index (κ1) is 28.9. The largest absolute Gasteiger partial charge is 0.354 e. The Balaban J connectivity index is 2.14. The van der Waals surface area contributed by atoms with E-state index in [0.717, 1.165) is 24.7 Å². The van der Waals surface area contributed by atoms with Gasteiger partial charge in [-0.15, -0.1) is 0 Å². The van der Waals surface area contributed by atoms with E-state index in [1.54, 1.807) is 49.4 Å². The molecule has 2 amide bonds. The number of halogens is 2. The summed E-state index contributed by atoms with van der Waals surface area (Å²) in [6.45, 7) is 4.59. The molecule has 2 aromatic carbocycles. The van der Waals surface area contributed by atoms with Gasteiger partial charge in [0.25, 0.3) is 0 Å². The first-order valence-electron chi connectivity index (χ1n) is 11.6. The van der Waals surface area contributed by atoms with Gasteiger partial charge in [-0.05, 0) is 55.7 Å². The van der Waals surface area contributed by atoms with E-state index in [0.29, 0.717) is 22.3 Å². The third-order valence-electron chi connectivity index (χ3n) is 5.49. The summed E-state index contributed by atoms with van der Waals surface area (Å²) in [7, 11) is -3.58. The third-order valence-corrected chi connectivity index (χ3v) is 7.15. The van der Waals surface area contributed by atoms with Crippen molar-refractivity contribution in [1.29, 1.82) is 0 Å². The number of nitrogens with zero attached hydrogens (tertiary/aromatic N) is 2. The minimum absolute atomic E-state index is 0.0692. The Bertz CT molecular complexity index is 1110. The lowest BCUT2D eigenvalue weighted by atomic mass is 10.1. The Morgan fingerprint density at radius 1 is 1.03 bits per heavy atom. The summed E-state index contributed by atoms with van der Waals surface area (Å²) in [6, 6.07) is 13.0. The van der Waals surface area contributed by atoms with Gasteiger partial charge in [-0.3, -0.25) is 13.9 Å². The van der Waals surface area contributed by atoms with Gasteiger partial charge in [0.05, 0.1) is 11.9 Å². The highest BCUT2D eigenvalue weighted by molar-refractivity contribution is 7.92. The van der Waals surface area contributed by atoms with Crippen molar-refractivity contribution in [1.82, 2.24) is 10.2 Å². The summed E-state index contributed by atoms with van der Waals surface area (Å²) >= 11 is 12.1. The SMILES string of the molecule is CCCCNC(=O)C(C)N(Cc1cccc(Cl)c1)C(=O)CCCN(c1cccc(Cl)c1)S(C)(=O)=O. The number of hydrogen-bond acceptors (Lipinski definition) is 4. The maximum atomic E-state index is 13.3. The second-order valence-electron chi connectivity index (χ2n) is 8.39. The van der Waals surface area contributed by atoms with E-state index in [1.807, 2.05) is 13.0 Å². The van der Waals surface area contributed by atoms with Crippen molar-refractivity contribution in [2.24, 2.45) is 0 Å². The lowest BCUT2D eigenvalue weighted by Gasteiger charge is -2.29. The van der Waals surface area contributed by atoms with Crippen LogP contribution in [0.4, 0.5) is 5.69 Å². The zero-order chi connectivity index (χ0) is 26.0. The number of amides is 2. The Morgan fingerprint density at radius 3 is 2.29 bits per heavy atom. The van der Waals surface area contributed by atoms with E-state index in [4.69, 9.17) is 23.2 Å². The fourth-order valence-corrected chi connectivity index (χ4v) is 4.94. The standard InChI is InChI=1S/C25H33Cl2N3O4S/c1-4-5-14-28-25(32)19(2)29(18-20-9-6-10-21(26)16-20)24(31)13-8-15-30(35(3,33)34)23-12-7-11-22(27)17-23/h6-7,9-12,16-17,19H,4-5,8,13-15,18H2,1-3H3,(H,28,32). The van der Waals surface area contributed by atoms with Gasteiger partial charge in [-0.25, -0.2) is 8.42 Å². The van der Waals surface area contributed by atoms with Gasteiger partial charge in [0.1, 0.15) is 6.04 Å². The third kappa shape index (κ3) is 9.35. The normalized spacial score (nSPS) is 12.1. The van der Waals surface area contributed by atoms with E-state index in [9.17, 15) is 18.0 Å². The molecule has 0 aliphatic carbocycles. The van der Waals surface area contributed by atoms with Crippen LogP contribution in [0.2, 0.25) is 10.0 Å². The number of nitrogens with one attached hydrogen (secondary N) is 1. The minimum atomic E-state index is -3.58. The topological polar surface area (TPSA) is 86.8 Å². The average Bonchev–Trinajstić information content (AvgIpc) is 2.79. The molecular formula is C25H33Cl2N3O4S. The molecule has 2 aromatic rings. The molecule has 35 heavy (non-hydrogen) atoms. The van der Waals surface area contributed by atoms with Gasteiger partial charge in [0, 0.05) is 36.1 Å². The fraction of sp³-hybridized carbons (Fsp3) is 0.440. The molecule has 0 fully saturated rings. The van der Waals surface area contributed by atoms with Crippen molar-refractivity contribution >= 4 is 50.7 Å². The van der Waals surface area contributed by atoms with E-state index in [1.165, 1.54) is 9.21 Å². The van der Waals surface area contributed by atoms with Crippen LogP contribution in [0.1, 0.15) is 45.1 Å². The molecule has 0 bridgehead atoms. The summed E-state index contributed by atoms with van der Waals surface area (Å²) in [5.74, 6) is -0.479. The van der Waals surface area contributed by atoms with Crippen LogP contribution in [0.3, 0.4) is 0 Å². The molecule has 0 saturated heterocycles. The molecule has 0 heterocycles. The number of carbonyl (C=O) groups is 2. The zero-order valence-electron chi connectivity index (χ0n) is 20.3. The number of unbranched alkanes of at least 4 members (excludes halogenated alkanes) is 1. The van der Waals surface area contributed by atoms with E-state index < -0.39 is 16.1 Å². The maximum absolute atomic E-state index is 13.3. The van der Waals surface area contributed by atoms with Gasteiger partial charge < -0.3 is 10.2 Å². The number of sulfonamides is 1. The highest BCUT2D eigenvalue weighted by Crippen LogP contribution is 2.23. The van der Waals surface area contributed by atoms with Crippen molar-refractivity contribution in [3.05, 3.63) is 64.1 Å². The van der Waals surface area contributed by atoms with Gasteiger partial charge >= 0.3 is 0 Å². The Labute approximate surface area is 218 Å². The quantitative estimate of drug-likeness (QED) is 0.366. The molecule has 192 valence electrons. The second-order valence-corrected chi connectivity index (χ2v) is 11.2. The number of rotatable bonds is 13. The van der Waals surface area contributed by atoms with E-state index in [-0.39, 0.29) is 37.7 Å². The van der Waals surface area contributed by atoms with E-state index in [2.05, 4.69) is 5.32 Å². The number of anilines is 1. The summed E-state index contributed by atoms with van der Waals surface area (Å²) < 4.78 is 26.0. The van der Waals surface area contributed by atoms with Crippen molar-refractivity contribution in [2.45, 2.75) is 52.1 Å². The van der Waals surface area contributed by atoms with Crippen LogP contribution in [-0.2, 0) is 26.2 Å². The van der Waals surface area contributed by atoms with Gasteiger partial charge in [0.2, 0.25) is 21.8 Å². The molecule has 1 N–H and O–H groups in total. The van der Waals surface area contributed by atoms with Crippen LogP contribution < -0.4 is 9.62 Å². The molecule has 0 aliphatic rings. The lowest BCUT2D eigenvalue weighted by Crippen LogP contribution is -2.48. The van der Waals surface area contributed by atoms with Crippen LogP contribution in [0.25, 0.3) is 0 Å². The molecule has 0 radical (unpaired) electrons. The molecule has 0 aliphatic heterocycles. The van der Waals surface area contributed by atoms with Crippen molar-refractivity contribution in [2.75, 3.05) is 23.7 Å². The summed E-state index contributed by atoms with van der Waals surface area (Å²) in [4.78, 5) is 27.5. The maximum Gasteiger partial charge on any atom is 0.242 e. The van der Waals surface area contributed by atoms with Crippen molar-refractivity contribution in [3.8, 4) is 0 Å². The predicted octanol–water partition coefficient (Wildman–Crippen LogP) is 4.87. The van der Waals surface area contributed by atoms with Crippen molar-refractivity contribution in [3.63, 3.8) is 0 Å². The average molecular weight is 543 g/mol. The van der Waals surface area contributed by atoms with Crippen LogP contribution in [-0.4, -0.2) is 50.5 Å². The summed E-state index contributed by atoms with van der Waals surface area (Å²) in [5.41, 5.74) is 1.24. The fourth-order valence-electron chi connectivity index (χ4n) is 3.59. The zero-order valence-corrected chi connectivity index (χ0v) is 22.7. The van der Waals surface area contributed by atoms with Crippen molar-refractivity contribution < 1.29 is 18.0 Å². The molecule has 10 heteroatoms. The Hall–Kier alpha value is -2.29. The number of benzene rings is 2. The highest BCUT2D eigenvalue weighted by atomic mass is 35.5. The first-order valence-corrected chi connectivity index (χ1v) is 14.2. The second kappa shape index (κ2) is 13.7. The van der Waals surface area contributed by atoms with Gasteiger partial charge in [0.15, 0.2) is 0 Å². The van der Waals surface area contributed by atoms with Crippen LogP contribution in [0.5, 0.6) is 0 Å². The molecule has 0 spiro atoms. The molecule has 0 aromatic heterocycles. The number of carbonyl (C=O) groups excluding carboxylic acids is 2. The number of hydrogen-bond donors (Lipinski definition) is 1. The molecule has 1 unspecified atom stereocenters. The molecule has 2 rings (SSSR count). The summed E-state index contributed by atoms with van der Waals surface area (Å²) in [6.07, 6.45) is 3.26. The predicted molar refractivity (Wildman–Crippen MR) is 142 cm³/mol. The first-order chi connectivity index (χ1) is 16.5. The highest BCUT2D eigenvalue weighted by Gasteiger charge is 2.26. The Morgan fingerprint density at radius 2 is 1.69 bits per heavy atom. The molecule has 1 atom stereocenters. The smallest absolute Gasteiger partial charge is 0.242 e. The van der Waals surface area contributed by atoms with E-state index >= 15 is 0 Å². The Kier molecular flexibility index (Phi) is 11.3. The van der Waals surface area contributed by atoms with Crippen LogP contribution >= 0.6 is 23.2 Å². The summed E-state index contributed by atoms with van der Waals surface area (Å²) in [5, 5.41) is 3.84. The van der Waals surface area contributed by atoms with Gasteiger partial charge in [-0.1, -0.05) is 54.7 Å².